The Balaban J connectivity index is 1.82. The van der Waals surface area contributed by atoms with Crippen LogP contribution in [0.25, 0.3) is 21.8 Å². The summed E-state index contributed by atoms with van der Waals surface area (Å²) in [6.45, 7) is 6.13. The Labute approximate surface area is 208 Å². The van der Waals surface area contributed by atoms with Gasteiger partial charge in [-0.05, 0) is 67.4 Å². The number of nitrogens with two attached hydrogens (primary N) is 1. The van der Waals surface area contributed by atoms with E-state index < -0.39 is 0 Å². The van der Waals surface area contributed by atoms with Gasteiger partial charge < -0.3 is 20.9 Å². The van der Waals surface area contributed by atoms with Crippen LogP contribution in [-0.4, -0.2) is 23.6 Å². The molecule has 172 valence electrons. The van der Waals surface area contributed by atoms with E-state index in [1.54, 1.807) is 6.07 Å². The Bertz CT molecular complexity index is 1340. The molecule has 0 bridgehead atoms. The molecule has 0 saturated carbocycles. The monoisotopic (exact) mass is 501 g/mol. The van der Waals surface area contributed by atoms with Crippen LogP contribution in [0.3, 0.4) is 0 Å². The quantitative estimate of drug-likeness (QED) is 0.188. The third-order valence-corrected chi connectivity index (χ3v) is 6.57. The van der Waals surface area contributed by atoms with Crippen molar-refractivity contribution in [3.63, 3.8) is 0 Å². The zero-order chi connectivity index (χ0) is 23.5. The van der Waals surface area contributed by atoms with Gasteiger partial charge in [-0.2, -0.15) is 0 Å². The molecule has 0 saturated heterocycles. The summed E-state index contributed by atoms with van der Waals surface area (Å²) in [5.41, 5.74) is 11.2. The summed E-state index contributed by atoms with van der Waals surface area (Å²) in [5.74, 6) is 0.455. The van der Waals surface area contributed by atoms with Crippen LogP contribution in [-0.2, 0) is 13.0 Å². The average molecular weight is 503 g/mol. The topological polar surface area (TPSA) is 67.4 Å². The molecule has 3 aromatic carbocycles. The zero-order valence-corrected chi connectivity index (χ0v) is 20.8. The van der Waals surface area contributed by atoms with Crippen molar-refractivity contribution in [2.45, 2.75) is 26.8 Å². The number of aromatic nitrogens is 1. The maximum absolute atomic E-state index is 6.36. The van der Waals surface area contributed by atoms with Crippen LogP contribution in [0.1, 0.15) is 19.4 Å². The molecule has 33 heavy (non-hydrogen) atoms. The first-order chi connectivity index (χ1) is 15.9. The van der Waals surface area contributed by atoms with Crippen molar-refractivity contribution in [3.8, 4) is 0 Å². The summed E-state index contributed by atoms with van der Waals surface area (Å²) in [4.78, 5) is 4.46. The lowest BCUT2D eigenvalue weighted by molar-refractivity contribution is 0.752. The third kappa shape index (κ3) is 5.01. The molecular weight excluding hydrogens is 477 g/mol. The highest BCUT2D eigenvalue weighted by Crippen LogP contribution is 2.36. The average Bonchev–Trinajstić information content (AvgIpc) is 3.08. The van der Waals surface area contributed by atoms with Crippen molar-refractivity contribution in [1.82, 2.24) is 9.88 Å². The molecule has 4 N–H and O–H groups in total. The van der Waals surface area contributed by atoms with Gasteiger partial charge in [-0.1, -0.05) is 41.7 Å². The largest absolute Gasteiger partial charge is 0.370 e. The smallest absolute Gasteiger partial charge is 0.188 e. The van der Waals surface area contributed by atoms with Gasteiger partial charge in [0.05, 0.1) is 22.1 Å². The van der Waals surface area contributed by atoms with Gasteiger partial charge in [0, 0.05) is 45.8 Å². The van der Waals surface area contributed by atoms with Gasteiger partial charge >= 0.3 is 0 Å². The van der Waals surface area contributed by atoms with Crippen LogP contribution in [0.5, 0.6) is 0 Å². The lowest BCUT2D eigenvalue weighted by atomic mass is 10.0. The number of hydrogen-bond donors (Lipinski definition) is 3. The molecule has 0 atom stereocenters. The SMILES string of the molecule is CCNC(N)=NCCn1c2ccc(Cl)cc2c2cc(CC)c(Nc3ccc(Cl)c(Cl)c3)cc21. The summed E-state index contributed by atoms with van der Waals surface area (Å²) < 4.78 is 2.27. The number of fused-ring (bicyclic) bond motifs is 3. The first kappa shape index (κ1) is 23.6. The molecule has 5 nitrogen and oxygen atoms in total. The van der Waals surface area contributed by atoms with Crippen LogP contribution < -0.4 is 16.4 Å². The molecule has 0 fully saturated rings. The molecule has 4 aromatic rings. The normalized spacial score (nSPS) is 12.0. The number of guanidine groups is 1. The Kier molecular flexibility index (Phi) is 7.23. The standard InChI is InChI=1S/C25H26Cl3N5/c1-3-15-11-18-19-12-16(26)5-8-23(19)33(10-9-31-25(29)30-4-2)24(18)14-22(15)32-17-6-7-20(27)21(28)13-17/h5-8,11-14,32H,3-4,9-10H2,1-2H3,(H3,29,30,31). The number of rotatable bonds is 7. The molecule has 0 aliphatic rings. The lowest BCUT2D eigenvalue weighted by Crippen LogP contribution is -2.31. The number of anilines is 2. The highest BCUT2D eigenvalue weighted by Gasteiger charge is 2.15. The van der Waals surface area contributed by atoms with Gasteiger partial charge in [-0.15, -0.1) is 0 Å². The second kappa shape index (κ2) is 10.1. The van der Waals surface area contributed by atoms with Crippen molar-refractivity contribution in [2.75, 3.05) is 18.4 Å². The number of halogens is 3. The van der Waals surface area contributed by atoms with Crippen molar-refractivity contribution in [2.24, 2.45) is 10.7 Å². The molecular formula is C25H26Cl3N5. The van der Waals surface area contributed by atoms with Crippen LogP contribution in [0.15, 0.2) is 53.5 Å². The van der Waals surface area contributed by atoms with E-state index in [0.717, 1.165) is 46.1 Å². The number of nitrogens with zero attached hydrogens (tertiary/aromatic N) is 2. The molecule has 0 unspecified atom stereocenters. The second-order valence-electron chi connectivity index (χ2n) is 7.74. The molecule has 0 aliphatic carbocycles. The molecule has 1 heterocycles. The van der Waals surface area contributed by atoms with Gasteiger partial charge in [0.2, 0.25) is 0 Å². The molecule has 0 spiro atoms. The highest BCUT2D eigenvalue weighted by molar-refractivity contribution is 6.42. The van der Waals surface area contributed by atoms with Crippen LogP contribution in [0, 0.1) is 0 Å². The second-order valence-corrected chi connectivity index (χ2v) is 9.00. The van der Waals surface area contributed by atoms with Gasteiger partial charge in [0.1, 0.15) is 0 Å². The predicted octanol–water partition coefficient (Wildman–Crippen LogP) is 6.98. The summed E-state index contributed by atoms with van der Waals surface area (Å²) in [7, 11) is 0. The first-order valence-corrected chi connectivity index (χ1v) is 12.0. The Morgan fingerprint density at radius 2 is 1.73 bits per heavy atom. The summed E-state index contributed by atoms with van der Waals surface area (Å²) >= 11 is 18.7. The van der Waals surface area contributed by atoms with Crippen molar-refractivity contribution < 1.29 is 0 Å². The summed E-state index contributed by atoms with van der Waals surface area (Å²) in [6, 6.07) is 16.0. The van der Waals surface area contributed by atoms with Crippen molar-refractivity contribution >= 4 is 73.9 Å². The van der Waals surface area contributed by atoms with E-state index in [1.165, 1.54) is 5.56 Å². The van der Waals surface area contributed by atoms with Crippen LogP contribution in [0.2, 0.25) is 15.1 Å². The number of benzene rings is 3. The predicted molar refractivity (Wildman–Crippen MR) is 144 cm³/mol. The van der Waals surface area contributed by atoms with E-state index in [1.807, 2.05) is 31.2 Å². The minimum atomic E-state index is 0.455. The van der Waals surface area contributed by atoms with Crippen LogP contribution >= 0.6 is 34.8 Å². The van der Waals surface area contributed by atoms with Crippen LogP contribution in [0.4, 0.5) is 11.4 Å². The fraction of sp³-hybridized carbons (Fsp3) is 0.240. The minimum absolute atomic E-state index is 0.455. The van der Waals surface area contributed by atoms with Gasteiger partial charge in [-0.3, -0.25) is 4.99 Å². The molecule has 0 aliphatic heterocycles. The fourth-order valence-electron chi connectivity index (χ4n) is 4.05. The number of aryl methyl sites for hydroxylation is 1. The van der Waals surface area contributed by atoms with Crippen molar-refractivity contribution in [3.05, 3.63) is 69.2 Å². The van der Waals surface area contributed by atoms with Gasteiger partial charge in [0.25, 0.3) is 0 Å². The Morgan fingerprint density at radius 1 is 0.939 bits per heavy atom. The Morgan fingerprint density at radius 3 is 2.45 bits per heavy atom. The first-order valence-electron chi connectivity index (χ1n) is 10.9. The van der Waals surface area contributed by atoms with E-state index in [0.29, 0.717) is 34.1 Å². The molecule has 4 rings (SSSR count). The van der Waals surface area contributed by atoms with E-state index >= 15 is 0 Å². The summed E-state index contributed by atoms with van der Waals surface area (Å²) in [5, 5.41) is 10.6. The highest BCUT2D eigenvalue weighted by atomic mass is 35.5. The number of nitrogens with one attached hydrogen (secondary N) is 2. The van der Waals surface area contributed by atoms with E-state index in [2.05, 4.69) is 45.3 Å². The van der Waals surface area contributed by atoms with E-state index in [-0.39, 0.29) is 0 Å². The van der Waals surface area contributed by atoms with Gasteiger partial charge in [0.15, 0.2) is 5.96 Å². The van der Waals surface area contributed by atoms with E-state index in [9.17, 15) is 0 Å². The van der Waals surface area contributed by atoms with Gasteiger partial charge in [-0.25, -0.2) is 0 Å². The number of hydrogen-bond acceptors (Lipinski definition) is 2. The maximum atomic E-state index is 6.36. The minimum Gasteiger partial charge on any atom is -0.370 e. The van der Waals surface area contributed by atoms with E-state index in [4.69, 9.17) is 40.5 Å². The Hall–Kier alpha value is -2.60. The van der Waals surface area contributed by atoms with Crippen molar-refractivity contribution in [1.29, 1.82) is 0 Å². The fourth-order valence-corrected chi connectivity index (χ4v) is 4.52. The third-order valence-electron chi connectivity index (χ3n) is 5.60. The number of aliphatic imine (C=N–C) groups is 1. The maximum Gasteiger partial charge on any atom is 0.188 e. The lowest BCUT2D eigenvalue weighted by Gasteiger charge is -2.14. The zero-order valence-electron chi connectivity index (χ0n) is 18.6. The molecule has 0 radical (unpaired) electrons. The molecule has 0 amide bonds. The summed E-state index contributed by atoms with van der Waals surface area (Å²) in [6.07, 6.45) is 0.871. The molecule has 8 heteroatoms. The molecule has 1 aromatic heterocycles.